The Hall–Kier alpha value is -3.20. The van der Waals surface area contributed by atoms with Crippen molar-refractivity contribution in [1.29, 1.82) is 0 Å². The van der Waals surface area contributed by atoms with Crippen molar-refractivity contribution in [2.24, 2.45) is 0 Å². The molecule has 3 aromatic carbocycles. The maximum atomic E-state index is 14.4. The Balaban J connectivity index is 1.69. The molecule has 5 rings (SSSR count). The van der Waals surface area contributed by atoms with Gasteiger partial charge in [-0.2, -0.15) is 4.31 Å². The molecule has 1 aliphatic heterocycles. The smallest absolute Gasteiger partial charge is 0.289 e. The average molecular weight is 553 g/mol. The molecule has 1 saturated carbocycles. The highest BCUT2D eigenvalue weighted by molar-refractivity contribution is 7.89. The van der Waals surface area contributed by atoms with Crippen LogP contribution in [0.5, 0.6) is 0 Å². The van der Waals surface area contributed by atoms with Crippen molar-refractivity contribution in [3.63, 3.8) is 0 Å². The third kappa shape index (κ3) is 4.96. The van der Waals surface area contributed by atoms with Gasteiger partial charge in [-0.15, -0.1) is 0 Å². The minimum absolute atomic E-state index is 0.0725. The molecule has 0 radical (unpaired) electrons. The minimum Gasteiger partial charge on any atom is -0.498 e. The first-order valence-electron chi connectivity index (χ1n) is 12.7. The van der Waals surface area contributed by atoms with E-state index in [1.54, 1.807) is 0 Å². The quantitative estimate of drug-likeness (QED) is 0.232. The number of nitro benzene ring substituents is 1. The molecule has 0 spiro atoms. The van der Waals surface area contributed by atoms with Crippen LogP contribution in [0.1, 0.15) is 55.7 Å². The molecule has 0 N–H and O–H groups in total. The van der Waals surface area contributed by atoms with Gasteiger partial charge >= 0.3 is 0 Å². The zero-order valence-electron chi connectivity index (χ0n) is 21.0. The van der Waals surface area contributed by atoms with Gasteiger partial charge in [0.2, 0.25) is 0 Å². The van der Waals surface area contributed by atoms with Crippen molar-refractivity contribution >= 4 is 27.3 Å². The van der Waals surface area contributed by atoms with Crippen molar-refractivity contribution in [3.05, 3.63) is 116 Å². The summed E-state index contributed by atoms with van der Waals surface area (Å²) < 4.78 is 36.5. The Bertz CT molecular complexity index is 1480. The van der Waals surface area contributed by atoms with Gasteiger partial charge in [0.25, 0.3) is 15.7 Å². The van der Waals surface area contributed by atoms with E-state index < -0.39 is 32.7 Å². The van der Waals surface area contributed by atoms with E-state index in [4.69, 9.17) is 16.3 Å². The number of rotatable bonds is 7. The summed E-state index contributed by atoms with van der Waals surface area (Å²) in [6, 6.07) is 21.6. The standard InChI is InChI=1S/C29H29ClN2O5S/c1-2-37-28-19-26(20-9-4-3-5-10-20)31(38(35,36)29-14-7-6-13-25(29)32(33)34)27-18-22(15-16-24(27)28)21-11-8-12-23(30)17-21/h3-14,17,22,26-27H,2,15-16,18-19H2,1H3/t22-,26-,27-/m0/s1. The van der Waals surface area contributed by atoms with E-state index in [0.29, 0.717) is 30.9 Å². The molecular weight excluding hydrogens is 524 g/mol. The molecule has 0 aromatic heterocycles. The molecule has 1 aliphatic carbocycles. The summed E-state index contributed by atoms with van der Waals surface area (Å²) in [6.45, 7) is 2.40. The van der Waals surface area contributed by atoms with Gasteiger partial charge in [0.1, 0.15) is 0 Å². The molecule has 9 heteroatoms. The van der Waals surface area contributed by atoms with Crippen LogP contribution in [-0.2, 0) is 14.8 Å². The van der Waals surface area contributed by atoms with Gasteiger partial charge in [0, 0.05) is 17.5 Å². The minimum atomic E-state index is -4.28. The largest absolute Gasteiger partial charge is 0.498 e. The number of fused-ring (bicyclic) bond motifs is 1. The van der Waals surface area contributed by atoms with Crippen LogP contribution < -0.4 is 0 Å². The van der Waals surface area contributed by atoms with Gasteiger partial charge in [-0.1, -0.05) is 66.2 Å². The van der Waals surface area contributed by atoms with Gasteiger partial charge in [0.15, 0.2) is 4.90 Å². The first-order valence-corrected chi connectivity index (χ1v) is 14.5. The number of para-hydroxylation sites is 1. The second-order valence-electron chi connectivity index (χ2n) is 9.61. The van der Waals surface area contributed by atoms with Crippen LogP contribution in [0.2, 0.25) is 5.02 Å². The lowest BCUT2D eigenvalue weighted by Crippen LogP contribution is -2.49. The highest BCUT2D eigenvalue weighted by atomic mass is 35.5. The summed E-state index contributed by atoms with van der Waals surface area (Å²) in [4.78, 5) is 10.9. The number of sulfonamides is 1. The monoisotopic (exact) mass is 552 g/mol. The number of hydrogen-bond donors (Lipinski definition) is 0. The zero-order valence-corrected chi connectivity index (χ0v) is 22.6. The van der Waals surface area contributed by atoms with Crippen molar-refractivity contribution in [3.8, 4) is 0 Å². The van der Waals surface area contributed by atoms with Crippen molar-refractivity contribution < 1.29 is 18.1 Å². The maximum absolute atomic E-state index is 14.4. The Morgan fingerprint density at radius 1 is 1.00 bits per heavy atom. The second kappa shape index (κ2) is 10.9. The number of nitrogens with zero attached hydrogens (tertiary/aromatic N) is 2. The lowest BCUT2D eigenvalue weighted by molar-refractivity contribution is -0.387. The molecule has 2 aliphatic rings. The van der Waals surface area contributed by atoms with E-state index in [-0.39, 0.29) is 10.8 Å². The third-order valence-corrected chi connectivity index (χ3v) is 9.66. The molecule has 0 amide bonds. The fraction of sp³-hybridized carbons (Fsp3) is 0.310. The van der Waals surface area contributed by atoms with E-state index >= 15 is 0 Å². The average Bonchev–Trinajstić information content (AvgIpc) is 2.93. The summed E-state index contributed by atoms with van der Waals surface area (Å²) in [6.07, 6.45) is 2.39. The number of halogens is 1. The van der Waals surface area contributed by atoms with Crippen molar-refractivity contribution in [1.82, 2.24) is 4.31 Å². The van der Waals surface area contributed by atoms with Gasteiger partial charge < -0.3 is 4.74 Å². The molecule has 1 fully saturated rings. The number of hydrogen-bond acceptors (Lipinski definition) is 5. The molecule has 0 bridgehead atoms. The Labute approximate surface area is 227 Å². The van der Waals surface area contributed by atoms with Crippen LogP contribution >= 0.6 is 11.6 Å². The fourth-order valence-corrected chi connectivity index (χ4v) is 7.99. The molecule has 0 saturated heterocycles. The first-order chi connectivity index (χ1) is 18.3. The van der Waals surface area contributed by atoms with Gasteiger partial charge in [-0.3, -0.25) is 10.1 Å². The highest BCUT2D eigenvalue weighted by Crippen LogP contribution is 2.50. The molecule has 1 heterocycles. The SMILES string of the molecule is CCOC1=C2CC[C@H](c3cccc(Cl)c3)C[C@@H]2N(S(=O)(=O)c2ccccc2[N+](=O)[O-])[C@H](c2ccccc2)C1. The summed E-state index contributed by atoms with van der Waals surface area (Å²) >= 11 is 6.30. The van der Waals surface area contributed by atoms with Crippen LogP contribution in [0.15, 0.2) is 95.1 Å². The summed E-state index contributed by atoms with van der Waals surface area (Å²) in [5.41, 5.74) is 2.40. The predicted octanol–water partition coefficient (Wildman–Crippen LogP) is 7.01. The Morgan fingerprint density at radius 3 is 2.42 bits per heavy atom. The highest BCUT2D eigenvalue weighted by Gasteiger charge is 2.48. The van der Waals surface area contributed by atoms with Gasteiger partial charge in [0.05, 0.1) is 29.4 Å². The first kappa shape index (κ1) is 26.4. The predicted molar refractivity (Wildman–Crippen MR) is 146 cm³/mol. The molecule has 7 nitrogen and oxygen atoms in total. The van der Waals surface area contributed by atoms with Crippen LogP contribution in [-0.4, -0.2) is 30.3 Å². The molecule has 3 atom stereocenters. The number of nitro groups is 1. The second-order valence-corrected chi connectivity index (χ2v) is 11.9. The van der Waals surface area contributed by atoms with Crippen LogP contribution in [0.25, 0.3) is 0 Å². The normalized spacial score (nSPS) is 22.1. The summed E-state index contributed by atoms with van der Waals surface area (Å²) in [5.74, 6) is 0.896. The number of benzene rings is 3. The summed E-state index contributed by atoms with van der Waals surface area (Å²) in [7, 11) is -4.28. The van der Waals surface area contributed by atoms with E-state index in [1.807, 2.05) is 61.5 Å². The van der Waals surface area contributed by atoms with E-state index in [2.05, 4.69) is 0 Å². The van der Waals surface area contributed by atoms with E-state index in [1.165, 1.54) is 28.6 Å². The van der Waals surface area contributed by atoms with Crippen LogP contribution in [0, 0.1) is 10.1 Å². The lowest BCUT2D eigenvalue weighted by Gasteiger charge is -2.46. The van der Waals surface area contributed by atoms with Crippen LogP contribution in [0.4, 0.5) is 5.69 Å². The van der Waals surface area contributed by atoms with Gasteiger partial charge in [-0.05, 0) is 67.0 Å². The third-order valence-electron chi connectivity index (χ3n) is 7.46. The Morgan fingerprint density at radius 2 is 1.71 bits per heavy atom. The summed E-state index contributed by atoms with van der Waals surface area (Å²) in [5, 5.41) is 12.5. The van der Waals surface area contributed by atoms with Crippen molar-refractivity contribution in [2.75, 3.05) is 6.61 Å². The van der Waals surface area contributed by atoms with Gasteiger partial charge in [-0.25, -0.2) is 8.42 Å². The molecule has 3 aromatic rings. The van der Waals surface area contributed by atoms with Crippen molar-refractivity contribution in [2.45, 2.75) is 55.5 Å². The number of ether oxygens (including phenoxy) is 1. The molecular formula is C29H29ClN2O5S. The van der Waals surface area contributed by atoms with E-state index in [0.717, 1.165) is 28.9 Å². The molecule has 0 unspecified atom stereocenters. The lowest BCUT2D eigenvalue weighted by atomic mass is 9.75. The van der Waals surface area contributed by atoms with Crippen LogP contribution in [0.3, 0.4) is 0 Å². The molecule has 198 valence electrons. The fourth-order valence-electron chi connectivity index (χ4n) is 5.83. The van der Waals surface area contributed by atoms with E-state index in [9.17, 15) is 18.5 Å². The topological polar surface area (TPSA) is 89.8 Å². The maximum Gasteiger partial charge on any atom is 0.289 e. The Kier molecular flexibility index (Phi) is 7.56. The zero-order chi connectivity index (χ0) is 26.9. The molecule has 38 heavy (non-hydrogen) atoms.